The summed E-state index contributed by atoms with van der Waals surface area (Å²) >= 11 is 0. The van der Waals surface area contributed by atoms with Crippen LogP contribution in [0.25, 0.3) is 0 Å². The highest BCUT2D eigenvalue weighted by Crippen LogP contribution is 2.23. The average Bonchev–Trinajstić information content (AvgIpc) is 2.78. The van der Waals surface area contributed by atoms with Gasteiger partial charge in [0, 0.05) is 38.0 Å². The number of hydrogen-bond acceptors (Lipinski definition) is 4. The van der Waals surface area contributed by atoms with Crippen LogP contribution in [0.5, 0.6) is 0 Å². The Kier molecular flexibility index (Phi) is 7.62. The lowest BCUT2D eigenvalue weighted by molar-refractivity contribution is -0.121. The van der Waals surface area contributed by atoms with Crippen LogP contribution in [-0.2, 0) is 14.8 Å². The number of rotatable bonds is 8. The Hall–Kier alpha value is -2.51. The van der Waals surface area contributed by atoms with Crippen molar-refractivity contribution in [3.63, 3.8) is 0 Å². The molecule has 0 unspecified atom stereocenters. The second-order valence-electron chi connectivity index (χ2n) is 8.21. The Labute approximate surface area is 184 Å². The minimum Gasteiger partial charge on any atom is -0.356 e. The molecule has 2 aromatic carbocycles. The summed E-state index contributed by atoms with van der Waals surface area (Å²) in [6, 6.07) is 14.2. The standard InChI is InChI=1S/C24H30N2O4S/c1-18-8-9-19(2)22(16-18)23(27)10-11-24(28)25-17-20-12-14-26(15-13-20)31(29,30)21-6-4-3-5-7-21/h3-9,16,20H,10-15,17H2,1-2H3,(H,25,28). The molecule has 1 heterocycles. The van der Waals surface area contributed by atoms with Crippen molar-refractivity contribution in [2.75, 3.05) is 19.6 Å². The second-order valence-corrected chi connectivity index (χ2v) is 10.1. The van der Waals surface area contributed by atoms with E-state index < -0.39 is 10.0 Å². The van der Waals surface area contributed by atoms with Gasteiger partial charge in [0.15, 0.2) is 5.78 Å². The fourth-order valence-corrected chi connectivity index (χ4v) is 5.33. The molecule has 1 aliphatic rings. The number of nitrogens with zero attached hydrogens (tertiary/aromatic N) is 1. The molecule has 1 fully saturated rings. The van der Waals surface area contributed by atoms with Crippen LogP contribution in [0.2, 0.25) is 0 Å². The van der Waals surface area contributed by atoms with Crippen LogP contribution in [0.15, 0.2) is 53.4 Å². The van der Waals surface area contributed by atoms with Crippen LogP contribution < -0.4 is 5.32 Å². The monoisotopic (exact) mass is 442 g/mol. The summed E-state index contributed by atoms with van der Waals surface area (Å²) in [6.45, 7) is 5.25. The number of piperidine rings is 1. The minimum atomic E-state index is -3.46. The van der Waals surface area contributed by atoms with Gasteiger partial charge in [-0.25, -0.2) is 8.42 Å². The van der Waals surface area contributed by atoms with Gasteiger partial charge >= 0.3 is 0 Å². The van der Waals surface area contributed by atoms with E-state index in [0.29, 0.717) is 42.9 Å². The first-order valence-corrected chi connectivity index (χ1v) is 12.1. The third-order valence-electron chi connectivity index (χ3n) is 5.81. The summed E-state index contributed by atoms with van der Waals surface area (Å²) in [5.74, 6) is 0.0784. The number of sulfonamides is 1. The van der Waals surface area contributed by atoms with Crippen molar-refractivity contribution in [1.82, 2.24) is 9.62 Å². The van der Waals surface area contributed by atoms with E-state index in [9.17, 15) is 18.0 Å². The Morgan fingerprint density at radius 3 is 2.35 bits per heavy atom. The average molecular weight is 443 g/mol. The fraction of sp³-hybridized carbons (Fsp3) is 0.417. The summed E-state index contributed by atoms with van der Waals surface area (Å²) in [6.07, 6.45) is 1.75. The quantitative estimate of drug-likeness (QED) is 0.635. The van der Waals surface area contributed by atoms with E-state index in [4.69, 9.17) is 0 Å². The number of aryl methyl sites for hydroxylation is 2. The smallest absolute Gasteiger partial charge is 0.243 e. The molecule has 166 valence electrons. The highest BCUT2D eigenvalue weighted by molar-refractivity contribution is 7.89. The van der Waals surface area contributed by atoms with Gasteiger partial charge in [-0.2, -0.15) is 4.31 Å². The van der Waals surface area contributed by atoms with Crippen LogP contribution in [0.3, 0.4) is 0 Å². The number of ketones is 1. The molecule has 1 saturated heterocycles. The molecule has 0 spiro atoms. The van der Waals surface area contributed by atoms with E-state index in [1.165, 1.54) is 4.31 Å². The predicted octanol–water partition coefficient (Wildman–Crippen LogP) is 3.48. The van der Waals surface area contributed by atoms with Crippen molar-refractivity contribution in [2.24, 2.45) is 5.92 Å². The van der Waals surface area contributed by atoms with Gasteiger partial charge in [-0.05, 0) is 56.4 Å². The molecule has 0 bridgehead atoms. The van der Waals surface area contributed by atoms with Crippen LogP contribution in [0.4, 0.5) is 0 Å². The van der Waals surface area contributed by atoms with E-state index in [-0.39, 0.29) is 30.4 Å². The zero-order valence-corrected chi connectivity index (χ0v) is 19.0. The summed E-state index contributed by atoms with van der Waals surface area (Å²) in [5, 5.41) is 2.91. The largest absolute Gasteiger partial charge is 0.356 e. The van der Waals surface area contributed by atoms with E-state index >= 15 is 0 Å². The molecular formula is C24H30N2O4S. The number of nitrogens with one attached hydrogen (secondary N) is 1. The van der Waals surface area contributed by atoms with Gasteiger partial charge in [0.25, 0.3) is 0 Å². The van der Waals surface area contributed by atoms with Crippen LogP contribution in [0, 0.1) is 19.8 Å². The van der Waals surface area contributed by atoms with Crippen molar-refractivity contribution >= 4 is 21.7 Å². The Bertz CT molecular complexity index is 1030. The molecule has 6 nitrogen and oxygen atoms in total. The number of hydrogen-bond donors (Lipinski definition) is 1. The molecule has 2 aromatic rings. The first-order chi connectivity index (χ1) is 14.8. The number of Topliss-reactive ketones (excluding diaryl/α,β-unsaturated/α-hetero) is 1. The van der Waals surface area contributed by atoms with Crippen LogP contribution in [-0.4, -0.2) is 44.0 Å². The molecule has 1 aliphatic heterocycles. The van der Waals surface area contributed by atoms with E-state index in [1.54, 1.807) is 30.3 Å². The van der Waals surface area contributed by atoms with Gasteiger partial charge in [0.05, 0.1) is 4.90 Å². The van der Waals surface area contributed by atoms with Crippen molar-refractivity contribution in [2.45, 2.75) is 44.4 Å². The lowest BCUT2D eigenvalue weighted by atomic mass is 9.97. The number of amides is 1. The normalized spacial score (nSPS) is 15.5. The van der Waals surface area contributed by atoms with Crippen molar-refractivity contribution in [1.29, 1.82) is 0 Å². The van der Waals surface area contributed by atoms with Gasteiger partial charge < -0.3 is 5.32 Å². The van der Waals surface area contributed by atoms with Gasteiger partial charge in [-0.1, -0.05) is 35.9 Å². The summed E-state index contributed by atoms with van der Waals surface area (Å²) < 4.78 is 26.9. The van der Waals surface area contributed by atoms with Crippen molar-refractivity contribution in [3.8, 4) is 0 Å². The third kappa shape index (κ3) is 6.02. The Balaban J connectivity index is 1.42. The molecule has 0 saturated carbocycles. The molecular weight excluding hydrogens is 412 g/mol. The molecule has 3 rings (SSSR count). The molecule has 0 aliphatic carbocycles. The highest BCUT2D eigenvalue weighted by Gasteiger charge is 2.29. The molecule has 7 heteroatoms. The topological polar surface area (TPSA) is 83.6 Å². The molecule has 1 N–H and O–H groups in total. The van der Waals surface area contributed by atoms with Crippen LogP contribution >= 0.6 is 0 Å². The summed E-state index contributed by atoms with van der Waals surface area (Å²) in [4.78, 5) is 25.0. The maximum atomic E-state index is 12.7. The van der Waals surface area contributed by atoms with E-state index in [0.717, 1.165) is 11.1 Å². The lowest BCUT2D eigenvalue weighted by Gasteiger charge is -2.31. The highest BCUT2D eigenvalue weighted by atomic mass is 32.2. The van der Waals surface area contributed by atoms with E-state index in [2.05, 4.69) is 5.32 Å². The molecule has 0 radical (unpaired) electrons. The number of carbonyl (C=O) groups excluding carboxylic acids is 2. The third-order valence-corrected chi connectivity index (χ3v) is 7.73. The van der Waals surface area contributed by atoms with Crippen LogP contribution in [0.1, 0.15) is 47.2 Å². The fourth-order valence-electron chi connectivity index (χ4n) is 3.84. The lowest BCUT2D eigenvalue weighted by Crippen LogP contribution is -2.41. The van der Waals surface area contributed by atoms with E-state index in [1.807, 2.05) is 32.0 Å². The summed E-state index contributed by atoms with van der Waals surface area (Å²) in [5.41, 5.74) is 2.63. The first-order valence-electron chi connectivity index (χ1n) is 10.7. The molecule has 0 atom stereocenters. The molecule has 31 heavy (non-hydrogen) atoms. The molecule has 0 aromatic heterocycles. The predicted molar refractivity (Wildman–Crippen MR) is 120 cm³/mol. The minimum absolute atomic E-state index is 0.0178. The molecule has 1 amide bonds. The maximum Gasteiger partial charge on any atom is 0.243 e. The SMILES string of the molecule is Cc1ccc(C)c(C(=O)CCC(=O)NCC2CCN(S(=O)(=O)c3ccccc3)CC2)c1. The van der Waals surface area contributed by atoms with Gasteiger partial charge in [-0.15, -0.1) is 0 Å². The van der Waals surface area contributed by atoms with Gasteiger partial charge in [0.1, 0.15) is 0 Å². The van der Waals surface area contributed by atoms with Crippen molar-refractivity contribution in [3.05, 3.63) is 65.2 Å². The number of benzene rings is 2. The van der Waals surface area contributed by atoms with Gasteiger partial charge in [-0.3, -0.25) is 9.59 Å². The number of carbonyl (C=O) groups is 2. The zero-order chi connectivity index (χ0) is 22.4. The Morgan fingerprint density at radius 2 is 1.68 bits per heavy atom. The van der Waals surface area contributed by atoms with Crippen molar-refractivity contribution < 1.29 is 18.0 Å². The maximum absolute atomic E-state index is 12.7. The zero-order valence-electron chi connectivity index (χ0n) is 18.1. The Morgan fingerprint density at radius 1 is 1.00 bits per heavy atom. The second kappa shape index (κ2) is 10.2. The first kappa shape index (κ1) is 23.2. The van der Waals surface area contributed by atoms with Gasteiger partial charge in [0.2, 0.25) is 15.9 Å². The summed E-state index contributed by atoms with van der Waals surface area (Å²) in [7, 11) is -3.46.